The summed E-state index contributed by atoms with van der Waals surface area (Å²) in [6.45, 7) is 5.76. The highest BCUT2D eigenvalue weighted by atomic mass is 32.2. The van der Waals surface area contributed by atoms with Crippen molar-refractivity contribution in [2.75, 3.05) is 0 Å². The molecule has 0 heterocycles. The van der Waals surface area contributed by atoms with Crippen LogP contribution in [0.3, 0.4) is 0 Å². The van der Waals surface area contributed by atoms with Gasteiger partial charge in [-0.15, -0.1) is 0 Å². The van der Waals surface area contributed by atoms with Gasteiger partial charge >= 0.3 is 5.97 Å². The molecular formula is C11H22N2O3S. The summed E-state index contributed by atoms with van der Waals surface area (Å²) in [5, 5.41) is 13.8. The van der Waals surface area contributed by atoms with Gasteiger partial charge < -0.3 is 5.11 Å². The highest BCUT2D eigenvalue weighted by Gasteiger charge is 2.36. The smallest absolute Gasteiger partial charge is 0.323 e. The summed E-state index contributed by atoms with van der Waals surface area (Å²) in [4.78, 5) is 11.4. The molecule has 100 valence electrons. The normalized spacial score (nSPS) is 15.9. The summed E-state index contributed by atoms with van der Waals surface area (Å²) in [6, 6.07) is 0.118. The Hall–Kier alpha value is -0.880. The molecule has 0 saturated heterocycles. The SMILES string of the molecule is CCC(C)N[C@@](CC)(CCC=S(=N)=O)C(=O)O. The molecule has 6 heteroatoms. The molecule has 0 saturated carbocycles. The van der Waals surface area contributed by atoms with Crippen LogP contribution in [0.25, 0.3) is 0 Å². The molecule has 0 aliphatic carbocycles. The molecular weight excluding hydrogens is 240 g/mol. The van der Waals surface area contributed by atoms with Gasteiger partial charge in [-0.3, -0.25) is 10.1 Å². The van der Waals surface area contributed by atoms with E-state index < -0.39 is 21.7 Å². The van der Waals surface area contributed by atoms with Crippen molar-refractivity contribution in [3.8, 4) is 0 Å². The molecule has 1 unspecified atom stereocenters. The van der Waals surface area contributed by atoms with Gasteiger partial charge in [-0.05, 0) is 32.6 Å². The average Bonchev–Trinajstić information content (AvgIpc) is 2.26. The number of carboxylic acid groups (broad SMARTS) is 1. The Morgan fingerprint density at radius 1 is 1.59 bits per heavy atom. The van der Waals surface area contributed by atoms with Crippen molar-refractivity contribution in [2.45, 2.75) is 58.0 Å². The van der Waals surface area contributed by atoms with E-state index in [2.05, 4.69) is 5.32 Å². The molecule has 0 bridgehead atoms. The molecule has 3 N–H and O–H groups in total. The van der Waals surface area contributed by atoms with Gasteiger partial charge in [0.2, 0.25) is 0 Å². The van der Waals surface area contributed by atoms with E-state index in [1.807, 2.05) is 20.8 Å². The number of carboxylic acids is 1. The third-order valence-electron chi connectivity index (χ3n) is 2.99. The van der Waals surface area contributed by atoms with Crippen LogP contribution in [-0.4, -0.2) is 32.2 Å². The number of hydrogen-bond acceptors (Lipinski definition) is 4. The molecule has 0 rings (SSSR count). The predicted molar refractivity (Wildman–Crippen MR) is 69.7 cm³/mol. The maximum absolute atomic E-state index is 11.4. The van der Waals surface area contributed by atoms with E-state index in [0.717, 1.165) is 6.42 Å². The van der Waals surface area contributed by atoms with Gasteiger partial charge in [0, 0.05) is 11.4 Å². The van der Waals surface area contributed by atoms with Crippen LogP contribution < -0.4 is 5.32 Å². The summed E-state index contributed by atoms with van der Waals surface area (Å²) < 4.78 is 17.5. The van der Waals surface area contributed by atoms with Crippen molar-refractivity contribution in [3.05, 3.63) is 0 Å². The van der Waals surface area contributed by atoms with Crippen LogP contribution in [-0.2, 0) is 15.0 Å². The van der Waals surface area contributed by atoms with E-state index in [1.165, 1.54) is 5.37 Å². The second kappa shape index (κ2) is 7.45. The minimum Gasteiger partial charge on any atom is -0.480 e. The Bertz CT molecular complexity index is 370. The summed E-state index contributed by atoms with van der Waals surface area (Å²) >= 11 is 0. The topological polar surface area (TPSA) is 90.3 Å². The summed E-state index contributed by atoms with van der Waals surface area (Å²) in [7, 11) is -1.73. The number of rotatable bonds is 8. The van der Waals surface area contributed by atoms with E-state index in [-0.39, 0.29) is 6.04 Å². The lowest BCUT2D eigenvalue weighted by Crippen LogP contribution is -2.54. The first-order valence-electron chi connectivity index (χ1n) is 5.84. The summed E-state index contributed by atoms with van der Waals surface area (Å²) in [5.41, 5.74) is -0.981. The first-order valence-corrected chi connectivity index (χ1v) is 7.05. The first-order chi connectivity index (χ1) is 7.88. The van der Waals surface area contributed by atoms with Crippen LogP contribution in [0.2, 0.25) is 0 Å². The largest absolute Gasteiger partial charge is 0.480 e. The van der Waals surface area contributed by atoms with E-state index in [4.69, 9.17) is 4.78 Å². The number of aliphatic carboxylic acids is 1. The van der Waals surface area contributed by atoms with Gasteiger partial charge in [-0.1, -0.05) is 13.8 Å². The number of nitrogens with one attached hydrogen (secondary N) is 2. The summed E-state index contributed by atoms with van der Waals surface area (Å²) in [6.07, 6.45) is 2.03. The third-order valence-corrected chi connectivity index (χ3v) is 3.53. The molecule has 0 aromatic carbocycles. The standard InChI is InChI=1S/C11H22N2O3S/c1-4-9(3)13-11(5-2,10(14)15)7-6-8-17(12)16/h8-9,12-13H,4-7H2,1-3H3,(H,14,15)/t9?,11-/m0/s1. The Labute approximate surface area is 104 Å². The zero-order valence-electron chi connectivity index (χ0n) is 10.7. The molecule has 0 amide bonds. The van der Waals surface area contributed by atoms with Gasteiger partial charge in [0.1, 0.15) is 5.54 Å². The lowest BCUT2D eigenvalue weighted by molar-refractivity contribution is -0.145. The molecule has 0 radical (unpaired) electrons. The monoisotopic (exact) mass is 262 g/mol. The van der Waals surface area contributed by atoms with Crippen molar-refractivity contribution in [2.24, 2.45) is 0 Å². The molecule has 0 aromatic heterocycles. The van der Waals surface area contributed by atoms with Gasteiger partial charge in [-0.25, -0.2) is 8.99 Å². The number of carbonyl (C=O) groups is 1. The number of hydrogen-bond donors (Lipinski definition) is 3. The van der Waals surface area contributed by atoms with E-state index in [1.54, 1.807) is 0 Å². The predicted octanol–water partition coefficient (Wildman–Crippen LogP) is 1.70. The van der Waals surface area contributed by atoms with Crippen molar-refractivity contribution in [3.63, 3.8) is 0 Å². The minimum absolute atomic E-state index is 0.118. The Balaban J connectivity index is 4.82. The molecule has 0 aromatic rings. The molecule has 5 nitrogen and oxygen atoms in total. The second-order valence-electron chi connectivity index (χ2n) is 4.20. The van der Waals surface area contributed by atoms with Crippen molar-refractivity contribution < 1.29 is 14.1 Å². The third kappa shape index (κ3) is 5.32. The van der Waals surface area contributed by atoms with E-state index in [0.29, 0.717) is 19.3 Å². The van der Waals surface area contributed by atoms with E-state index >= 15 is 0 Å². The highest BCUT2D eigenvalue weighted by Crippen LogP contribution is 2.19. The van der Waals surface area contributed by atoms with Crippen molar-refractivity contribution in [1.82, 2.24) is 5.32 Å². The van der Waals surface area contributed by atoms with Crippen LogP contribution in [0.4, 0.5) is 0 Å². The molecule has 0 spiro atoms. The van der Waals surface area contributed by atoms with Crippen LogP contribution in [0, 0.1) is 4.78 Å². The Morgan fingerprint density at radius 3 is 2.53 bits per heavy atom. The van der Waals surface area contributed by atoms with Crippen LogP contribution in [0.5, 0.6) is 0 Å². The lowest BCUT2D eigenvalue weighted by atomic mass is 9.89. The Kier molecular flexibility index (Phi) is 7.06. The fraction of sp³-hybridized carbons (Fsp3) is 0.818. The molecule has 2 atom stereocenters. The van der Waals surface area contributed by atoms with Crippen LogP contribution >= 0.6 is 0 Å². The Morgan fingerprint density at radius 2 is 2.18 bits per heavy atom. The fourth-order valence-electron chi connectivity index (χ4n) is 1.66. The van der Waals surface area contributed by atoms with E-state index in [9.17, 15) is 14.1 Å². The molecule has 0 aliphatic heterocycles. The zero-order valence-corrected chi connectivity index (χ0v) is 11.5. The van der Waals surface area contributed by atoms with Gasteiger partial charge in [-0.2, -0.15) is 0 Å². The van der Waals surface area contributed by atoms with Gasteiger partial charge in [0.25, 0.3) is 0 Å². The maximum atomic E-state index is 11.4. The summed E-state index contributed by atoms with van der Waals surface area (Å²) in [5.74, 6) is -0.885. The zero-order chi connectivity index (χ0) is 13.5. The first kappa shape index (κ1) is 16.1. The maximum Gasteiger partial charge on any atom is 0.323 e. The van der Waals surface area contributed by atoms with Gasteiger partial charge in [0.15, 0.2) is 0 Å². The molecule has 17 heavy (non-hydrogen) atoms. The fourth-order valence-corrected chi connectivity index (χ4v) is 1.99. The van der Waals surface area contributed by atoms with Crippen molar-refractivity contribution in [1.29, 1.82) is 4.78 Å². The van der Waals surface area contributed by atoms with Crippen molar-refractivity contribution >= 4 is 21.5 Å². The molecule has 0 fully saturated rings. The van der Waals surface area contributed by atoms with Crippen LogP contribution in [0.15, 0.2) is 0 Å². The second-order valence-corrected chi connectivity index (χ2v) is 5.13. The van der Waals surface area contributed by atoms with Crippen LogP contribution in [0.1, 0.15) is 46.5 Å². The average molecular weight is 262 g/mol. The highest BCUT2D eigenvalue weighted by molar-refractivity contribution is 7.72. The molecule has 0 aliphatic rings. The quantitative estimate of drug-likeness (QED) is 0.581. The van der Waals surface area contributed by atoms with Gasteiger partial charge in [0.05, 0.1) is 10.2 Å². The minimum atomic E-state index is -1.73. The lowest BCUT2D eigenvalue weighted by Gasteiger charge is -2.32.